The minimum absolute atomic E-state index is 0.0216. The number of carbonyl (C=O) groups is 2. The highest BCUT2D eigenvalue weighted by Gasteiger charge is 2.49. The monoisotopic (exact) mass is 278 g/mol. The van der Waals surface area contributed by atoms with E-state index in [1.807, 2.05) is 18.7 Å². The van der Waals surface area contributed by atoms with Crippen molar-refractivity contribution in [2.45, 2.75) is 70.4 Å². The van der Waals surface area contributed by atoms with Crippen LogP contribution < -0.4 is 5.32 Å². The first-order valence-electron chi connectivity index (χ1n) is 8.12. The number of nitrogens with one attached hydrogen (secondary N) is 1. The molecule has 3 aliphatic rings. The second-order valence-electron chi connectivity index (χ2n) is 7.30. The summed E-state index contributed by atoms with van der Waals surface area (Å²) >= 11 is 0. The summed E-state index contributed by atoms with van der Waals surface area (Å²) in [6.45, 7) is 4.52. The molecule has 1 atom stereocenters. The predicted octanol–water partition coefficient (Wildman–Crippen LogP) is 2.08. The van der Waals surface area contributed by atoms with E-state index in [1.54, 1.807) is 0 Å². The molecule has 0 aromatic rings. The molecular weight excluding hydrogens is 252 g/mol. The van der Waals surface area contributed by atoms with Crippen LogP contribution in [0.15, 0.2) is 0 Å². The second kappa shape index (κ2) is 5.05. The highest BCUT2D eigenvalue weighted by atomic mass is 16.2. The predicted molar refractivity (Wildman–Crippen MR) is 77.0 cm³/mol. The summed E-state index contributed by atoms with van der Waals surface area (Å²) in [7, 11) is 0. The molecule has 1 unspecified atom stereocenters. The van der Waals surface area contributed by atoms with Crippen LogP contribution in [0.1, 0.15) is 58.8 Å². The molecule has 1 N–H and O–H groups in total. The maximum absolute atomic E-state index is 12.9. The Labute approximate surface area is 121 Å². The zero-order chi connectivity index (χ0) is 14.3. The van der Waals surface area contributed by atoms with Gasteiger partial charge in [0.25, 0.3) is 0 Å². The first-order chi connectivity index (χ1) is 9.50. The lowest BCUT2D eigenvalue weighted by Crippen LogP contribution is -2.70. The molecule has 2 saturated carbocycles. The first kappa shape index (κ1) is 13.9. The number of hydrogen-bond acceptors (Lipinski definition) is 2. The van der Waals surface area contributed by atoms with Gasteiger partial charge in [-0.05, 0) is 51.4 Å². The summed E-state index contributed by atoms with van der Waals surface area (Å²) in [6, 6.07) is -0.269. The Morgan fingerprint density at radius 3 is 2.35 bits per heavy atom. The molecule has 1 saturated heterocycles. The molecule has 0 radical (unpaired) electrons. The van der Waals surface area contributed by atoms with Crippen LogP contribution in [0.4, 0.5) is 0 Å². The summed E-state index contributed by atoms with van der Waals surface area (Å²) in [5.74, 6) is 1.15. The standard InChI is InChI=1S/C16H26N2O2/c1-16(2)15(20)17-13(12-6-4-3-5-7-12)14(19)18(16)10-11-8-9-11/h11-13H,3-10H2,1-2H3,(H,17,20). The minimum Gasteiger partial charge on any atom is -0.342 e. The van der Waals surface area contributed by atoms with Crippen molar-refractivity contribution in [3.05, 3.63) is 0 Å². The van der Waals surface area contributed by atoms with Gasteiger partial charge in [-0.2, -0.15) is 0 Å². The van der Waals surface area contributed by atoms with Crippen molar-refractivity contribution in [1.82, 2.24) is 10.2 Å². The SMILES string of the molecule is CC1(C)C(=O)NC(C2CCCCC2)C(=O)N1CC1CC1. The van der Waals surface area contributed by atoms with E-state index in [9.17, 15) is 9.59 Å². The van der Waals surface area contributed by atoms with Gasteiger partial charge in [0.05, 0.1) is 0 Å². The average molecular weight is 278 g/mol. The van der Waals surface area contributed by atoms with E-state index in [4.69, 9.17) is 0 Å². The van der Waals surface area contributed by atoms with Gasteiger partial charge in [0.2, 0.25) is 11.8 Å². The number of nitrogens with zero attached hydrogens (tertiary/aromatic N) is 1. The molecule has 2 aliphatic carbocycles. The molecule has 0 aromatic carbocycles. The van der Waals surface area contributed by atoms with Crippen LogP contribution >= 0.6 is 0 Å². The topological polar surface area (TPSA) is 49.4 Å². The summed E-state index contributed by atoms with van der Waals surface area (Å²) < 4.78 is 0. The zero-order valence-corrected chi connectivity index (χ0v) is 12.7. The summed E-state index contributed by atoms with van der Waals surface area (Å²) in [6.07, 6.45) is 8.21. The van der Waals surface area contributed by atoms with Crippen LogP contribution in [0.2, 0.25) is 0 Å². The van der Waals surface area contributed by atoms with Crippen LogP contribution in [-0.4, -0.2) is 34.8 Å². The minimum atomic E-state index is -0.690. The lowest BCUT2D eigenvalue weighted by molar-refractivity contribution is -0.157. The van der Waals surface area contributed by atoms with Crippen LogP contribution in [0.25, 0.3) is 0 Å². The highest BCUT2D eigenvalue weighted by molar-refractivity contribution is 5.99. The molecule has 4 nitrogen and oxygen atoms in total. The number of amides is 2. The van der Waals surface area contributed by atoms with Crippen molar-refractivity contribution in [2.75, 3.05) is 6.54 Å². The average Bonchev–Trinajstić information content (AvgIpc) is 3.24. The molecule has 4 heteroatoms. The molecule has 1 heterocycles. The van der Waals surface area contributed by atoms with E-state index in [-0.39, 0.29) is 17.9 Å². The fourth-order valence-corrected chi connectivity index (χ4v) is 3.61. The largest absolute Gasteiger partial charge is 0.342 e. The Balaban J connectivity index is 1.78. The van der Waals surface area contributed by atoms with Crippen molar-refractivity contribution in [1.29, 1.82) is 0 Å². The van der Waals surface area contributed by atoms with E-state index >= 15 is 0 Å². The molecular formula is C16H26N2O2. The lowest BCUT2D eigenvalue weighted by Gasteiger charge is -2.46. The Morgan fingerprint density at radius 2 is 1.75 bits per heavy atom. The normalized spacial score (nSPS) is 31.3. The third kappa shape index (κ3) is 2.45. The van der Waals surface area contributed by atoms with E-state index in [0.29, 0.717) is 11.8 Å². The zero-order valence-electron chi connectivity index (χ0n) is 12.7. The summed E-state index contributed by atoms with van der Waals surface area (Å²) in [4.78, 5) is 27.1. The van der Waals surface area contributed by atoms with Crippen molar-refractivity contribution < 1.29 is 9.59 Å². The molecule has 3 fully saturated rings. The summed E-state index contributed by atoms with van der Waals surface area (Å²) in [5, 5.41) is 3.02. The van der Waals surface area contributed by atoms with Crippen molar-refractivity contribution >= 4 is 11.8 Å². The van der Waals surface area contributed by atoms with Crippen LogP contribution in [0, 0.1) is 11.8 Å². The molecule has 2 amide bonds. The van der Waals surface area contributed by atoms with Crippen molar-refractivity contribution in [2.24, 2.45) is 11.8 Å². The molecule has 0 bridgehead atoms. The van der Waals surface area contributed by atoms with Crippen molar-refractivity contribution in [3.63, 3.8) is 0 Å². The van der Waals surface area contributed by atoms with Crippen LogP contribution in [0.3, 0.4) is 0 Å². The van der Waals surface area contributed by atoms with Gasteiger partial charge in [0.1, 0.15) is 11.6 Å². The molecule has 20 heavy (non-hydrogen) atoms. The lowest BCUT2D eigenvalue weighted by atomic mass is 9.81. The Kier molecular flexibility index (Phi) is 3.51. The van der Waals surface area contributed by atoms with E-state index in [2.05, 4.69) is 5.32 Å². The van der Waals surface area contributed by atoms with Gasteiger partial charge in [0, 0.05) is 6.54 Å². The number of carbonyl (C=O) groups excluding carboxylic acids is 2. The Bertz CT molecular complexity index is 409. The van der Waals surface area contributed by atoms with Gasteiger partial charge >= 0.3 is 0 Å². The fourth-order valence-electron chi connectivity index (χ4n) is 3.61. The summed E-state index contributed by atoms with van der Waals surface area (Å²) in [5.41, 5.74) is -0.690. The van der Waals surface area contributed by atoms with E-state index in [0.717, 1.165) is 19.4 Å². The first-order valence-corrected chi connectivity index (χ1v) is 8.12. The highest BCUT2D eigenvalue weighted by Crippen LogP contribution is 2.36. The third-order valence-corrected chi connectivity index (χ3v) is 5.31. The number of piperazine rings is 1. The molecule has 0 aromatic heterocycles. The second-order valence-corrected chi connectivity index (χ2v) is 7.30. The fraction of sp³-hybridized carbons (Fsp3) is 0.875. The van der Waals surface area contributed by atoms with Gasteiger partial charge in [-0.25, -0.2) is 0 Å². The van der Waals surface area contributed by atoms with Gasteiger partial charge in [-0.3, -0.25) is 9.59 Å². The van der Waals surface area contributed by atoms with Crippen molar-refractivity contribution in [3.8, 4) is 0 Å². The molecule has 3 rings (SSSR count). The molecule has 112 valence electrons. The molecule has 0 spiro atoms. The van der Waals surface area contributed by atoms with Crippen LogP contribution in [0.5, 0.6) is 0 Å². The van der Waals surface area contributed by atoms with Gasteiger partial charge in [-0.15, -0.1) is 0 Å². The third-order valence-electron chi connectivity index (χ3n) is 5.31. The maximum Gasteiger partial charge on any atom is 0.246 e. The molecule has 1 aliphatic heterocycles. The Hall–Kier alpha value is -1.06. The quantitative estimate of drug-likeness (QED) is 0.859. The Morgan fingerprint density at radius 1 is 1.10 bits per heavy atom. The number of rotatable bonds is 3. The van der Waals surface area contributed by atoms with E-state index < -0.39 is 5.54 Å². The number of hydrogen-bond donors (Lipinski definition) is 1. The van der Waals surface area contributed by atoms with Gasteiger partial charge in [0.15, 0.2) is 0 Å². The van der Waals surface area contributed by atoms with Gasteiger partial charge in [-0.1, -0.05) is 19.3 Å². The van der Waals surface area contributed by atoms with Crippen LogP contribution in [-0.2, 0) is 9.59 Å². The maximum atomic E-state index is 12.9. The van der Waals surface area contributed by atoms with Gasteiger partial charge < -0.3 is 10.2 Å². The van der Waals surface area contributed by atoms with E-state index in [1.165, 1.54) is 32.1 Å². The smallest absolute Gasteiger partial charge is 0.246 e.